The van der Waals surface area contributed by atoms with E-state index in [1.54, 1.807) is 6.20 Å². The van der Waals surface area contributed by atoms with Gasteiger partial charge in [-0.2, -0.15) is 0 Å². The van der Waals surface area contributed by atoms with Crippen molar-refractivity contribution in [1.82, 2.24) is 15.0 Å². The van der Waals surface area contributed by atoms with Gasteiger partial charge in [-0.25, -0.2) is 9.97 Å². The summed E-state index contributed by atoms with van der Waals surface area (Å²) in [6.45, 7) is 0. The molecule has 0 bridgehead atoms. The Hall–Kier alpha value is -6.13. The van der Waals surface area contributed by atoms with Crippen LogP contribution in [0, 0.1) is 0 Å². The second kappa shape index (κ2) is 10.2. The zero-order valence-corrected chi connectivity index (χ0v) is 24.2. The fraction of sp³-hybridized carbons (Fsp3) is 0. The molecule has 6 aromatic carbocycles. The second-order valence-corrected chi connectivity index (χ2v) is 11.3. The smallest absolute Gasteiger partial charge is 0.180 e. The summed E-state index contributed by atoms with van der Waals surface area (Å²) in [5, 5.41) is 5.85. The van der Waals surface area contributed by atoms with Crippen LogP contribution in [0.25, 0.3) is 88.5 Å². The Morgan fingerprint density at radius 1 is 0.467 bits per heavy atom. The quantitative estimate of drug-likeness (QED) is 0.196. The molecule has 0 spiro atoms. The molecule has 0 fully saturated rings. The topological polar surface area (TPSA) is 51.8 Å². The number of nitrogens with zero attached hydrogens (tertiary/aromatic N) is 3. The van der Waals surface area contributed by atoms with Crippen molar-refractivity contribution in [2.24, 2.45) is 0 Å². The molecule has 0 aliphatic heterocycles. The Labute approximate surface area is 259 Å². The van der Waals surface area contributed by atoms with E-state index in [0.29, 0.717) is 11.4 Å². The van der Waals surface area contributed by atoms with E-state index in [9.17, 15) is 0 Å². The van der Waals surface area contributed by atoms with Crippen LogP contribution in [0.4, 0.5) is 0 Å². The van der Waals surface area contributed by atoms with E-state index in [0.717, 1.165) is 55.6 Å². The van der Waals surface area contributed by atoms with E-state index in [1.165, 1.54) is 21.5 Å². The molecule has 9 rings (SSSR count). The van der Waals surface area contributed by atoms with Crippen LogP contribution in [0.15, 0.2) is 156 Å². The van der Waals surface area contributed by atoms with Crippen LogP contribution in [0.5, 0.6) is 0 Å². The molecule has 0 N–H and O–H groups in total. The largest absolute Gasteiger partial charge is 0.452 e. The van der Waals surface area contributed by atoms with Gasteiger partial charge in [-0.05, 0) is 80.7 Å². The van der Waals surface area contributed by atoms with Crippen molar-refractivity contribution >= 4 is 43.6 Å². The van der Waals surface area contributed by atoms with E-state index in [1.807, 2.05) is 48.7 Å². The summed E-state index contributed by atoms with van der Waals surface area (Å²) >= 11 is 0. The van der Waals surface area contributed by atoms with Crippen molar-refractivity contribution in [2.45, 2.75) is 0 Å². The average molecular weight is 576 g/mol. The lowest BCUT2D eigenvalue weighted by Gasteiger charge is -2.14. The summed E-state index contributed by atoms with van der Waals surface area (Å²) in [7, 11) is 0. The lowest BCUT2D eigenvalue weighted by Crippen LogP contribution is -1.95. The molecule has 0 saturated carbocycles. The Bertz CT molecular complexity index is 2540. The third-order valence-corrected chi connectivity index (χ3v) is 8.53. The highest BCUT2D eigenvalue weighted by Crippen LogP contribution is 2.40. The van der Waals surface area contributed by atoms with E-state index in [-0.39, 0.29) is 0 Å². The summed E-state index contributed by atoms with van der Waals surface area (Å²) in [5.74, 6) is 0.644. The number of pyridine rings is 1. The number of benzene rings is 6. The normalized spacial score (nSPS) is 11.6. The third-order valence-electron chi connectivity index (χ3n) is 8.53. The molecule has 3 aromatic heterocycles. The monoisotopic (exact) mass is 575 g/mol. The van der Waals surface area contributed by atoms with Crippen LogP contribution >= 0.6 is 0 Å². The maximum atomic E-state index is 6.37. The molecule has 4 nitrogen and oxygen atoms in total. The zero-order chi connectivity index (χ0) is 29.7. The van der Waals surface area contributed by atoms with E-state index in [2.05, 4.69) is 102 Å². The lowest BCUT2D eigenvalue weighted by molar-refractivity contribution is 0.667. The van der Waals surface area contributed by atoms with Gasteiger partial charge < -0.3 is 4.42 Å². The molecule has 3 heterocycles. The fourth-order valence-electron chi connectivity index (χ4n) is 6.42. The summed E-state index contributed by atoms with van der Waals surface area (Å²) in [6.07, 6.45) is 3.71. The van der Waals surface area contributed by atoms with Gasteiger partial charge in [0.1, 0.15) is 16.8 Å². The first-order valence-electron chi connectivity index (χ1n) is 15.0. The number of hydrogen-bond acceptors (Lipinski definition) is 4. The number of rotatable bonds is 4. The van der Waals surface area contributed by atoms with Crippen LogP contribution in [-0.4, -0.2) is 15.0 Å². The molecule has 0 aliphatic carbocycles. The van der Waals surface area contributed by atoms with Gasteiger partial charge in [0.15, 0.2) is 11.4 Å². The van der Waals surface area contributed by atoms with Crippen molar-refractivity contribution < 1.29 is 4.42 Å². The highest BCUT2D eigenvalue weighted by molar-refractivity contribution is 6.14. The van der Waals surface area contributed by atoms with Crippen LogP contribution in [-0.2, 0) is 0 Å². The Balaban J connectivity index is 1.36. The molecule has 0 unspecified atom stereocenters. The standard InChI is InChI=1S/C41H25N3O/c1-2-11-26(12-3-1)38-40-39(35-18-8-9-19-37(35)45-40)44-41(43-38)31-22-29(28-14-10-20-42-25-28)21-30(23-31)36-24-27-13-4-5-15-32(27)33-16-6-7-17-34(33)36/h1-25H. The first-order valence-corrected chi connectivity index (χ1v) is 15.0. The molecule has 45 heavy (non-hydrogen) atoms. The predicted octanol–water partition coefficient (Wildman–Crippen LogP) is 10.7. The highest BCUT2D eigenvalue weighted by Gasteiger charge is 2.19. The van der Waals surface area contributed by atoms with Gasteiger partial charge >= 0.3 is 0 Å². The van der Waals surface area contributed by atoms with Crippen LogP contribution < -0.4 is 0 Å². The minimum Gasteiger partial charge on any atom is -0.452 e. The van der Waals surface area contributed by atoms with Crippen LogP contribution in [0.3, 0.4) is 0 Å². The minimum absolute atomic E-state index is 0.644. The van der Waals surface area contributed by atoms with Crippen LogP contribution in [0.1, 0.15) is 0 Å². The van der Waals surface area contributed by atoms with Gasteiger partial charge in [-0.1, -0.05) is 97.1 Å². The van der Waals surface area contributed by atoms with Crippen molar-refractivity contribution in [3.63, 3.8) is 0 Å². The molecule has 4 heteroatoms. The van der Waals surface area contributed by atoms with Crippen molar-refractivity contribution in [3.8, 4) is 44.9 Å². The maximum absolute atomic E-state index is 6.37. The number of furan rings is 1. The third kappa shape index (κ3) is 4.27. The molecular formula is C41H25N3O. The molecule has 0 atom stereocenters. The van der Waals surface area contributed by atoms with Crippen LogP contribution in [0.2, 0.25) is 0 Å². The van der Waals surface area contributed by atoms with E-state index >= 15 is 0 Å². The first kappa shape index (κ1) is 25.4. The number of para-hydroxylation sites is 1. The van der Waals surface area contributed by atoms with Crippen molar-refractivity contribution in [2.75, 3.05) is 0 Å². The van der Waals surface area contributed by atoms with Gasteiger partial charge in [-0.3, -0.25) is 4.98 Å². The molecule has 0 saturated heterocycles. The molecule has 9 aromatic rings. The summed E-state index contributed by atoms with van der Waals surface area (Å²) in [6, 6.07) is 48.5. The zero-order valence-electron chi connectivity index (χ0n) is 24.2. The summed E-state index contributed by atoms with van der Waals surface area (Å²) < 4.78 is 6.37. The molecular weight excluding hydrogens is 550 g/mol. The van der Waals surface area contributed by atoms with Crippen molar-refractivity contribution in [1.29, 1.82) is 0 Å². The molecule has 0 amide bonds. The number of hydrogen-bond donors (Lipinski definition) is 0. The number of aromatic nitrogens is 3. The Morgan fingerprint density at radius 3 is 2.00 bits per heavy atom. The Morgan fingerprint density at radius 2 is 1.16 bits per heavy atom. The summed E-state index contributed by atoms with van der Waals surface area (Å²) in [4.78, 5) is 14.8. The van der Waals surface area contributed by atoms with E-state index < -0.39 is 0 Å². The summed E-state index contributed by atoms with van der Waals surface area (Å²) in [5.41, 5.74) is 9.31. The second-order valence-electron chi connectivity index (χ2n) is 11.3. The molecule has 210 valence electrons. The minimum atomic E-state index is 0.644. The SMILES string of the molecule is c1ccc(-c2nc(-c3cc(-c4cccnc4)cc(-c4cc5ccccc5c5ccccc45)c3)nc3c2oc2ccccc23)cc1. The van der Waals surface area contributed by atoms with Gasteiger partial charge in [0.2, 0.25) is 0 Å². The maximum Gasteiger partial charge on any atom is 0.180 e. The molecule has 0 radical (unpaired) electrons. The van der Waals surface area contributed by atoms with Crippen molar-refractivity contribution in [3.05, 3.63) is 152 Å². The fourth-order valence-corrected chi connectivity index (χ4v) is 6.42. The van der Waals surface area contributed by atoms with E-state index in [4.69, 9.17) is 14.4 Å². The Kier molecular flexibility index (Phi) is 5.78. The van der Waals surface area contributed by atoms with Gasteiger partial charge in [0.25, 0.3) is 0 Å². The average Bonchev–Trinajstić information content (AvgIpc) is 3.50. The number of fused-ring (bicyclic) bond motifs is 6. The molecule has 0 aliphatic rings. The van der Waals surface area contributed by atoms with Gasteiger partial charge in [0, 0.05) is 34.5 Å². The van der Waals surface area contributed by atoms with Gasteiger partial charge in [0.05, 0.1) is 0 Å². The lowest BCUT2D eigenvalue weighted by atomic mass is 9.90. The highest BCUT2D eigenvalue weighted by atomic mass is 16.3. The predicted molar refractivity (Wildman–Crippen MR) is 184 cm³/mol. The first-order chi connectivity index (χ1) is 22.3. The van der Waals surface area contributed by atoms with Gasteiger partial charge in [-0.15, -0.1) is 0 Å².